The number of hydrogen-bond donors (Lipinski definition) is 0. The van der Waals surface area contributed by atoms with Gasteiger partial charge in [0.25, 0.3) is 0 Å². The highest BCUT2D eigenvalue weighted by Crippen LogP contribution is 2.28. The highest BCUT2D eigenvalue weighted by atomic mass is 32.2. The summed E-state index contributed by atoms with van der Waals surface area (Å²) in [4.78, 5) is 14.9. The van der Waals surface area contributed by atoms with Crippen LogP contribution >= 0.6 is 11.8 Å². The van der Waals surface area contributed by atoms with Gasteiger partial charge in [-0.05, 0) is 32.8 Å². The zero-order chi connectivity index (χ0) is 19.2. The Morgan fingerprint density at radius 2 is 2.00 bits per heavy atom. The number of allylic oxidation sites excluding steroid dienone is 1. The second-order valence-electron chi connectivity index (χ2n) is 7.07. The summed E-state index contributed by atoms with van der Waals surface area (Å²) in [7, 11) is 0. The molecule has 3 rings (SSSR count). The van der Waals surface area contributed by atoms with Crippen LogP contribution in [0, 0.1) is 6.92 Å². The summed E-state index contributed by atoms with van der Waals surface area (Å²) in [5, 5.41) is 9.38. The van der Waals surface area contributed by atoms with Crippen LogP contribution in [-0.4, -0.2) is 43.9 Å². The molecule has 0 radical (unpaired) electrons. The van der Waals surface area contributed by atoms with E-state index in [1.807, 2.05) is 34.6 Å². The fraction of sp³-hybridized carbons (Fsp3) is 0.476. The summed E-state index contributed by atoms with van der Waals surface area (Å²) < 4.78 is 2.04. The van der Waals surface area contributed by atoms with Gasteiger partial charge in [-0.15, -0.1) is 16.8 Å². The molecule has 1 aliphatic rings. The van der Waals surface area contributed by atoms with Crippen LogP contribution < -0.4 is 0 Å². The van der Waals surface area contributed by atoms with Crippen LogP contribution in [0.3, 0.4) is 0 Å². The highest BCUT2D eigenvalue weighted by molar-refractivity contribution is 8.00. The summed E-state index contributed by atoms with van der Waals surface area (Å²) in [5.41, 5.74) is 2.21. The van der Waals surface area contributed by atoms with Gasteiger partial charge in [0.15, 0.2) is 11.0 Å². The molecule has 27 heavy (non-hydrogen) atoms. The molecule has 0 saturated carbocycles. The van der Waals surface area contributed by atoms with Crippen molar-refractivity contribution in [2.45, 2.75) is 56.5 Å². The average Bonchev–Trinajstić information content (AvgIpc) is 2.87. The molecule has 1 saturated heterocycles. The van der Waals surface area contributed by atoms with E-state index in [1.54, 1.807) is 0 Å². The third-order valence-corrected chi connectivity index (χ3v) is 5.92. The first-order valence-electron chi connectivity index (χ1n) is 9.66. The molecule has 0 spiro atoms. The number of nitrogens with zero attached hydrogens (tertiary/aromatic N) is 4. The molecular formula is C21H28N4OS. The molecule has 2 heterocycles. The van der Waals surface area contributed by atoms with Crippen molar-refractivity contribution in [3.63, 3.8) is 0 Å². The van der Waals surface area contributed by atoms with Crippen LogP contribution in [0.15, 0.2) is 42.1 Å². The van der Waals surface area contributed by atoms with Gasteiger partial charge in [0, 0.05) is 25.2 Å². The monoisotopic (exact) mass is 384 g/mol. The summed E-state index contributed by atoms with van der Waals surface area (Å²) in [5.74, 6) is 1.02. The Labute approximate surface area is 165 Å². The Kier molecular flexibility index (Phi) is 6.72. The second-order valence-corrected chi connectivity index (χ2v) is 8.38. The lowest BCUT2D eigenvalue weighted by Crippen LogP contribution is -2.37. The molecule has 6 heteroatoms. The van der Waals surface area contributed by atoms with Crippen LogP contribution in [0.25, 0.3) is 11.4 Å². The number of rotatable bonds is 6. The normalized spacial score (nSPS) is 16.0. The number of aromatic nitrogens is 3. The first-order valence-corrected chi connectivity index (χ1v) is 10.5. The highest BCUT2D eigenvalue weighted by Gasteiger charge is 2.25. The van der Waals surface area contributed by atoms with Crippen LogP contribution in [0.1, 0.15) is 38.2 Å². The molecule has 144 valence electrons. The fourth-order valence-electron chi connectivity index (χ4n) is 3.42. The molecule has 0 aliphatic carbocycles. The van der Waals surface area contributed by atoms with Gasteiger partial charge in [-0.1, -0.05) is 54.4 Å². The third-order valence-electron chi connectivity index (χ3n) is 4.85. The summed E-state index contributed by atoms with van der Waals surface area (Å²) in [6, 6.07) is 8.23. The van der Waals surface area contributed by atoms with E-state index >= 15 is 0 Å². The van der Waals surface area contributed by atoms with Gasteiger partial charge in [-0.2, -0.15) is 0 Å². The molecule has 1 atom stereocenters. The molecule has 0 N–H and O–H groups in total. The van der Waals surface area contributed by atoms with Crippen molar-refractivity contribution >= 4 is 17.7 Å². The van der Waals surface area contributed by atoms with Gasteiger partial charge in [0.2, 0.25) is 5.91 Å². The smallest absolute Gasteiger partial charge is 0.235 e. The van der Waals surface area contributed by atoms with Crippen molar-refractivity contribution in [3.8, 4) is 11.4 Å². The van der Waals surface area contributed by atoms with Crippen LogP contribution in [-0.2, 0) is 11.3 Å². The quantitative estimate of drug-likeness (QED) is 0.550. The maximum Gasteiger partial charge on any atom is 0.235 e. The molecule has 5 nitrogen and oxygen atoms in total. The first kappa shape index (κ1) is 19.7. The minimum atomic E-state index is -0.179. The predicted octanol–water partition coefficient (Wildman–Crippen LogP) is 4.32. The Morgan fingerprint density at radius 3 is 2.67 bits per heavy atom. The average molecular weight is 385 g/mol. The molecule has 2 aromatic rings. The van der Waals surface area contributed by atoms with Crippen molar-refractivity contribution in [2.75, 3.05) is 13.1 Å². The van der Waals surface area contributed by atoms with Crippen molar-refractivity contribution < 1.29 is 4.79 Å². The van der Waals surface area contributed by atoms with Crippen molar-refractivity contribution in [1.29, 1.82) is 0 Å². The Balaban J connectivity index is 1.79. The van der Waals surface area contributed by atoms with E-state index in [0.29, 0.717) is 6.54 Å². The van der Waals surface area contributed by atoms with E-state index in [0.717, 1.165) is 42.5 Å². The van der Waals surface area contributed by atoms with Gasteiger partial charge in [-0.25, -0.2) is 0 Å². The van der Waals surface area contributed by atoms with Crippen molar-refractivity contribution in [3.05, 3.63) is 42.5 Å². The van der Waals surface area contributed by atoms with Gasteiger partial charge in [-0.3, -0.25) is 9.36 Å². The van der Waals surface area contributed by atoms with Crippen LogP contribution in [0.2, 0.25) is 0 Å². The SMILES string of the molecule is C=CCn1c(SC(C)C(=O)N2CCCCCC2)nnc1-c1cccc(C)c1. The molecule has 0 bridgehead atoms. The first-order chi connectivity index (χ1) is 13.1. The van der Waals surface area contributed by atoms with Gasteiger partial charge in [0.1, 0.15) is 0 Å². The molecular weight excluding hydrogens is 356 g/mol. The van der Waals surface area contributed by atoms with E-state index in [4.69, 9.17) is 0 Å². The van der Waals surface area contributed by atoms with Gasteiger partial charge in [0.05, 0.1) is 5.25 Å². The summed E-state index contributed by atoms with van der Waals surface area (Å²) in [6.45, 7) is 10.3. The molecule has 1 fully saturated rings. The molecule has 1 aromatic heterocycles. The van der Waals surface area contributed by atoms with Crippen molar-refractivity contribution in [2.24, 2.45) is 0 Å². The Bertz CT molecular complexity index is 793. The van der Waals surface area contributed by atoms with E-state index in [2.05, 4.69) is 35.8 Å². The largest absolute Gasteiger partial charge is 0.342 e. The number of hydrogen-bond acceptors (Lipinski definition) is 4. The van der Waals surface area contributed by atoms with E-state index < -0.39 is 0 Å². The lowest BCUT2D eigenvalue weighted by atomic mass is 10.1. The van der Waals surface area contributed by atoms with E-state index in [9.17, 15) is 4.79 Å². The van der Waals surface area contributed by atoms with Gasteiger partial charge < -0.3 is 4.90 Å². The molecule has 1 aromatic carbocycles. The van der Waals surface area contributed by atoms with Crippen molar-refractivity contribution in [1.82, 2.24) is 19.7 Å². The number of carbonyl (C=O) groups excluding carboxylic acids is 1. The number of benzene rings is 1. The maximum atomic E-state index is 12.9. The van der Waals surface area contributed by atoms with E-state index in [1.165, 1.54) is 30.2 Å². The Hall–Kier alpha value is -2.08. The summed E-state index contributed by atoms with van der Waals surface area (Å²) >= 11 is 1.49. The minimum Gasteiger partial charge on any atom is -0.342 e. The number of amides is 1. The van der Waals surface area contributed by atoms with Crippen LogP contribution in [0.4, 0.5) is 0 Å². The molecule has 1 aliphatic heterocycles. The molecule has 1 amide bonds. The number of thioether (sulfide) groups is 1. The van der Waals surface area contributed by atoms with E-state index in [-0.39, 0.29) is 11.2 Å². The number of carbonyl (C=O) groups is 1. The zero-order valence-electron chi connectivity index (χ0n) is 16.2. The zero-order valence-corrected chi connectivity index (χ0v) is 17.0. The number of aryl methyl sites for hydroxylation is 1. The topological polar surface area (TPSA) is 51.0 Å². The summed E-state index contributed by atoms with van der Waals surface area (Å²) in [6.07, 6.45) is 6.49. The minimum absolute atomic E-state index is 0.179. The number of likely N-dealkylation sites (tertiary alicyclic amines) is 1. The van der Waals surface area contributed by atoms with Crippen LogP contribution in [0.5, 0.6) is 0 Å². The lowest BCUT2D eigenvalue weighted by Gasteiger charge is -2.23. The Morgan fingerprint density at radius 1 is 1.26 bits per heavy atom. The lowest BCUT2D eigenvalue weighted by molar-refractivity contribution is -0.130. The fourth-order valence-corrected chi connectivity index (χ4v) is 4.37. The second kappa shape index (κ2) is 9.22. The van der Waals surface area contributed by atoms with Gasteiger partial charge >= 0.3 is 0 Å². The molecule has 1 unspecified atom stereocenters. The maximum absolute atomic E-state index is 12.9. The predicted molar refractivity (Wildman–Crippen MR) is 111 cm³/mol. The standard InChI is InChI=1S/C21H28N4OS/c1-4-12-25-19(18-11-9-10-16(2)15-18)22-23-21(25)27-17(3)20(26)24-13-7-5-6-8-14-24/h4,9-11,15,17H,1,5-8,12-14H2,2-3H3. The third kappa shape index (κ3) is 4.80.